The number of pyridine rings is 2. The summed E-state index contributed by atoms with van der Waals surface area (Å²) in [6.07, 6.45) is 7.42. The quantitative estimate of drug-likeness (QED) is 0.765. The van der Waals surface area contributed by atoms with Crippen molar-refractivity contribution in [2.45, 2.75) is 13.8 Å². The molecule has 0 atom stereocenters. The minimum Gasteiger partial charge on any atom is -0.505 e. The van der Waals surface area contributed by atoms with E-state index in [0.29, 0.717) is 5.52 Å². The molecule has 0 radical (unpaired) electrons. The van der Waals surface area contributed by atoms with E-state index in [2.05, 4.69) is 9.97 Å². The molecule has 0 aliphatic heterocycles. The van der Waals surface area contributed by atoms with Crippen LogP contribution in [0.2, 0.25) is 0 Å². The summed E-state index contributed by atoms with van der Waals surface area (Å²) in [7, 11) is 0. The molecule has 0 amide bonds. The van der Waals surface area contributed by atoms with Crippen LogP contribution in [0.25, 0.3) is 23.1 Å². The number of phenolic OH excluding ortho intramolecular Hbond substituents is 1. The highest BCUT2D eigenvalue weighted by molar-refractivity contribution is 5.89. The molecule has 0 aliphatic rings. The molecule has 0 spiro atoms. The Labute approximate surface area is 123 Å². The summed E-state index contributed by atoms with van der Waals surface area (Å²) in [6.45, 7) is 3.92. The van der Waals surface area contributed by atoms with E-state index in [-0.39, 0.29) is 5.75 Å². The predicted molar refractivity (Wildman–Crippen MR) is 86.0 cm³/mol. The van der Waals surface area contributed by atoms with Gasteiger partial charge in [0.2, 0.25) is 0 Å². The summed E-state index contributed by atoms with van der Waals surface area (Å²) in [4.78, 5) is 8.63. The third-order valence-corrected chi connectivity index (χ3v) is 3.50. The van der Waals surface area contributed by atoms with E-state index in [1.54, 1.807) is 12.4 Å². The molecular formula is C18H16N2O. The Hall–Kier alpha value is -2.68. The highest BCUT2D eigenvalue weighted by atomic mass is 16.3. The lowest BCUT2D eigenvalue weighted by Crippen LogP contribution is -1.89. The summed E-state index contributed by atoms with van der Waals surface area (Å²) in [5.74, 6) is 0.257. The van der Waals surface area contributed by atoms with E-state index in [1.807, 2.05) is 56.3 Å². The van der Waals surface area contributed by atoms with Crippen molar-refractivity contribution >= 4 is 23.1 Å². The van der Waals surface area contributed by atoms with Gasteiger partial charge in [-0.05, 0) is 48.7 Å². The van der Waals surface area contributed by atoms with Gasteiger partial charge in [0.25, 0.3) is 0 Å². The van der Waals surface area contributed by atoms with Gasteiger partial charge in [0.1, 0.15) is 11.3 Å². The highest BCUT2D eigenvalue weighted by Crippen LogP contribution is 2.29. The fraction of sp³-hybridized carbons (Fsp3) is 0.111. The fourth-order valence-corrected chi connectivity index (χ4v) is 2.38. The second kappa shape index (κ2) is 5.37. The Balaban J connectivity index is 2.05. The van der Waals surface area contributed by atoms with Crippen LogP contribution in [0.15, 0.2) is 42.7 Å². The Morgan fingerprint density at radius 2 is 1.90 bits per heavy atom. The summed E-state index contributed by atoms with van der Waals surface area (Å²) < 4.78 is 0. The van der Waals surface area contributed by atoms with Gasteiger partial charge in [0.05, 0.1) is 5.69 Å². The van der Waals surface area contributed by atoms with Gasteiger partial charge in [-0.3, -0.25) is 4.98 Å². The number of aryl methyl sites for hydroxylation is 2. The van der Waals surface area contributed by atoms with Crippen LogP contribution in [0.3, 0.4) is 0 Å². The molecule has 2 heterocycles. The van der Waals surface area contributed by atoms with E-state index in [9.17, 15) is 5.11 Å². The predicted octanol–water partition coefficient (Wildman–Crippen LogP) is 4.12. The zero-order chi connectivity index (χ0) is 14.8. The average molecular weight is 276 g/mol. The van der Waals surface area contributed by atoms with Crippen molar-refractivity contribution in [3.63, 3.8) is 0 Å². The van der Waals surface area contributed by atoms with Crippen LogP contribution in [0, 0.1) is 13.8 Å². The second-order valence-electron chi connectivity index (χ2n) is 5.11. The number of phenols is 1. The van der Waals surface area contributed by atoms with Crippen LogP contribution in [-0.2, 0) is 0 Å². The number of benzene rings is 1. The minimum atomic E-state index is 0.257. The van der Waals surface area contributed by atoms with Crippen LogP contribution in [0.5, 0.6) is 5.75 Å². The normalized spacial score (nSPS) is 11.3. The molecule has 3 aromatic rings. The molecule has 3 nitrogen and oxygen atoms in total. The second-order valence-corrected chi connectivity index (χ2v) is 5.11. The van der Waals surface area contributed by atoms with Gasteiger partial charge in [0, 0.05) is 17.8 Å². The van der Waals surface area contributed by atoms with Gasteiger partial charge in [-0.15, -0.1) is 0 Å². The van der Waals surface area contributed by atoms with Crippen molar-refractivity contribution in [2.24, 2.45) is 0 Å². The van der Waals surface area contributed by atoms with Gasteiger partial charge in [0.15, 0.2) is 0 Å². The van der Waals surface area contributed by atoms with Gasteiger partial charge >= 0.3 is 0 Å². The van der Waals surface area contributed by atoms with Crippen LogP contribution in [-0.4, -0.2) is 15.1 Å². The Morgan fingerprint density at radius 3 is 2.67 bits per heavy atom. The summed E-state index contributed by atoms with van der Waals surface area (Å²) in [5, 5.41) is 11.2. The van der Waals surface area contributed by atoms with Crippen molar-refractivity contribution in [3.8, 4) is 5.75 Å². The molecule has 21 heavy (non-hydrogen) atoms. The van der Waals surface area contributed by atoms with Gasteiger partial charge in [-0.1, -0.05) is 24.3 Å². The first kappa shape index (κ1) is 13.3. The van der Waals surface area contributed by atoms with Gasteiger partial charge in [-0.2, -0.15) is 0 Å². The maximum atomic E-state index is 10.2. The first-order chi connectivity index (χ1) is 10.1. The molecule has 104 valence electrons. The topological polar surface area (TPSA) is 46.0 Å². The first-order valence-electron chi connectivity index (χ1n) is 6.83. The maximum absolute atomic E-state index is 10.2. The van der Waals surface area contributed by atoms with E-state index >= 15 is 0 Å². The summed E-state index contributed by atoms with van der Waals surface area (Å²) in [5.41, 5.74) is 4.45. The van der Waals surface area contributed by atoms with Crippen molar-refractivity contribution < 1.29 is 5.11 Å². The zero-order valence-corrected chi connectivity index (χ0v) is 12.0. The lowest BCUT2D eigenvalue weighted by atomic mass is 10.0. The standard InChI is InChI=1S/C18H16N2O/c1-12-10-13(2)18(21)17-16(12)8-7-15(20-17)6-5-14-4-3-9-19-11-14/h3-11,21H,1-2H3. The zero-order valence-electron chi connectivity index (χ0n) is 12.0. The molecule has 0 saturated heterocycles. The molecule has 1 N–H and O–H groups in total. The smallest absolute Gasteiger partial charge is 0.144 e. The number of hydrogen-bond donors (Lipinski definition) is 1. The Kier molecular flexibility index (Phi) is 3.40. The van der Waals surface area contributed by atoms with Crippen molar-refractivity contribution in [2.75, 3.05) is 0 Å². The number of hydrogen-bond acceptors (Lipinski definition) is 3. The maximum Gasteiger partial charge on any atom is 0.144 e. The van der Waals surface area contributed by atoms with Crippen molar-refractivity contribution in [1.82, 2.24) is 9.97 Å². The van der Waals surface area contributed by atoms with Crippen LogP contribution >= 0.6 is 0 Å². The SMILES string of the molecule is Cc1cc(C)c2ccc(C=Cc3cccnc3)nc2c1O. The van der Waals surface area contributed by atoms with E-state index in [0.717, 1.165) is 27.8 Å². The molecule has 3 heteroatoms. The molecule has 2 aromatic heterocycles. The molecule has 0 fully saturated rings. The molecule has 1 aromatic carbocycles. The largest absolute Gasteiger partial charge is 0.505 e. The highest BCUT2D eigenvalue weighted by Gasteiger charge is 2.08. The van der Waals surface area contributed by atoms with Crippen LogP contribution < -0.4 is 0 Å². The van der Waals surface area contributed by atoms with E-state index in [4.69, 9.17) is 0 Å². The van der Waals surface area contributed by atoms with Crippen LogP contribution in [0.4, 0.5) is 0 Å². The Morgan fingerprint density at radius 1 is 1.05 bits per heavy atom. The average Bonchev–Trinajstić information content (AvgIpc) is 2.51. The molecule has 0 bridgehead atoms. The summed E-state index contributed by atoms with van der Waals surface area (Å²) >= 11 is 0. The molecular weight excluding hydrogens is 260 g/mol. The number of fused-ring (bicyclic) bond motifs is 1. The van der Waals surface area contributed by atoms with Gasteiger partial charge in [-0.25, -0.2) is 4.98 Å². The molecule has 0 saturated carbocycles. The monoisotopic (exact) mass is 276 g/mol. The lowest BCUT2D eigenvalue weighted by Gasteiger charge is -2.07. The fourth-order valence-electron chi connectivity index (χ4n) is 2.38. The van der Waals surface area contributed by atoms with Crippen molar-refractivity contribution in [1.29, 1.82) is 0 Å². The van der Waals surface area contributed by atoms with Gasteiger partial charge < -0.3 is 5.11 Å². The number of aromatic hydroxyl groups is 1. The third-order valence-electron chi connectivity index (χ3n) is 3.50. The van der Waals surface area contributed by atoms with Crippen LogP contribution in [0.1, 0.15) is 22.4 Å². The molecule has 0 aliphatic carbocycles. The Bertz CT molecular complexity index is 823. The van der Waals surface area contributed by atoms with E-state index in [1.165, 1.54) is 0 Å². The lowest BCUT2D eigenvalue weighted by molar-refractivity contribution is 0.476. The van der Waals surface area contributed by atoms with Crippen molar-refractivity contribution in [3.05, 3.63) is 65.1 Å². The van der Waals surface area contributed by atoms with E-state index < -0.39 is 0 Å². The third kappa shape index (κ3) is 2.63. The molecule has 0 unspecified atom stereocenters. The molecule has 3 rings (SSSR count). The summed E-state index contributed by atoms with van der Waals surface area (Å²) in [6, 6.07) is 9.81. The number of nitrogens with zero attached hydrogens (tertiary/aromatic N) is 2. The first-order valence-corrected chi connectivity index (χ1v) is 6.83. The number of rotatable bonds is 2. The minimum absolute atomic E-state index is 0.257. The number of aromatic nitrogens is 2.